The van der Waals surface area contributed by atoms with Crippen LogP contribution in [-0.4, -0.2) is 101 Å². The quantitative estimate of drug-likeness (QED) is 0.0414. The standard InChI is InChI=1S/C18H25N11O8S2/c19-4-1-5-21-6-9-7-22-28(25-9)8-10-11(15(31)29(10)39(34,35)36)23-14(30)12(13-24-17(20)38-27-13)26-37-18(2-3-18)16(32)33/h7,10-11,21H,1-6,8,19H2,(H,23,30)(H,32,33)(H2,20,24,27)(H,34,35,36)/t10-,11+/m1/s1. The Labute approximate surface area is 224 Å². The third-order valence-electron chi connectivity index (χ3n) is 5.78. The van der Waals surface area contributed by atoms with Crippen LogP contribution in [0, 0.1) is 0 Å². The lowest BCUT2D eigenvalue weighted by atomic mass is 9.98. The Kier molecular flexibility index (Phi) is 8.06. The van der Waals surface area contributed by atoms with Crippen LogP contribution in [0.2, 0.25) is 0 Å². The number of amides is 2. The smallest absolute Gasteiger partial charge is 0.362 e. The number of β-lactam (4-membered cyclic amide) rings is 1. The molecule has 1 aliphatic heterocycles. The lowest BCUT2D eigenvalue weighted by Gasteiger charge is -2.43. The highest BCUT2D eigenvalue weighted by molar-refractivity contribution is 7.84. The summed E-state index contributed by atoms with van der Waals surface area (Å²) in [6, 6.07) is -2.78. The van der Waals surface area contributed by atoms with E-state index >= 15 is 0 Å². The van der Waals surface area contributed by atoms with Crippen LogP contribution in [0.5, 0.6) is 0 Å². The molecule has 0 spiro atoms. The monoisotopic (exact) mass is 587 g/mol. The molecule has 0 aromatic carbocycles. The summed E-state index contributed by atoms with van der Waals surface area (Å²) in [7, 11) is -4.99. The zero-order valence-electron chi connectivity index (χ0n) is 20.1. The van der Waals surface area contributed by atoms with E-state index in [0.717, 1.165) is 22.7 Å². The highest BCUT2D eigenvalue weighted by atomic mass is 32.2. The number of aliphatic carboxylic acids is 1. The molecule has 2 fully saturated rings. The number of carboxylic acids is 1. The third kappa shape index (κ3) is 6.27. The number of rotatable bonds is 14. The molecule has 2 amide bonds. The van der Waals surface area contributed by atoms with E-state index in [-0.39, 0.29) is 34.6 Å². The molecule has 1 saturated carbocycles. The van der Waals surface area contributed by atoms with Crippen LogP contribution in [0.15, 0.2) is 11.4 Å². The van der Waals surface area contributed by atoms with Crippen molar-refractivity contribution < 1.29 is 37.3 Å². The molecule has 3 heterocycles. The summed E-state index contributed by atoms with van der Waals surface area (Å²) in [5.41, 5.74) is 9.35. The zero-order chi connectivity index (χ0) is 28.4. The molecule has 212 valence electrons. The van der Waals surface area contributed by atoms with Gasteiger partial charge in [0.2, 0.25) is 17.1 Å². The number of carboxylic acid groups (broad SMARTS) is 1. The second-order valence-corrected chi connectivity index (χ2v) is 10.7. The van der Waals surface area contributed by atoms with Gasteiger partial charge in [0, 0.05) is 30.9 Å². The van der Waals surface area contributed by atoms with Crippen LogP contribution in [-0.2, 0) is 42.6 Å². The Morgan fingerprint density at radius 1 is 1.36 bits per heavy atom. The number of aromatic nitrogens is 5. The lowest BCUT2D eigenvalue weighted by molar-refractivity contribution is -0.153. The molecule has 0 bridgehead atoms. The van der Waals surface area contributed by atoms with Gasteiger partial charge in [0.05, 0.1) is 18.4 Å². The van der Waals surface area contributed by atoms with E-state index in [9.17, 15) is 32.5 Å². The van der Waals surface area contributed by atoms with Crippen LogP contribution in [0.4, 0.5) is 5.13 Å². The maximum atomic E-state index is 13.1. The predicted molar refractivity (Wildman–Crippen MR) is 131 cm³/mol. The molecule has 0 radical (unpaired) electrons. The SMILES string of the molecule is NCCCNCc1cnn(C[C@@H]2[C@H](NC(=O)C(=NOC3(C(=O)O)CC3)c3nsc(N)n3)C(=O)N2S(=O)(=O)O)n1. The number of carbonyl (C=O) groups excluding carboxylic acids is 2. The van der Waals surface area contributed by atoms with Crippen molar-refractivity contribution in [2.45, 2.75) is 50.0 Å². The lowest BCUT2D eigenvalue weighted by Crippen LogP contribution is -2.73. The maximum absolute atomic E-state index is 13.1. The van der Waals surface area contributed by atoms with Gasteiger partial charge >= 0.3 is 16.3 Å². The predicted octanol–water partition coefficient (Wildman–Crippen LogP) is -3.31. The molecule has 2 aromatic rings. The van der Waals surface area contributed by atoms with E-state index in [4.69, 9.17) is 16.3 Å². The Bertz CT molecular complexity index is 1390. The molecule has 8 N–H and O–H groups in total. The van der Waals surface area contributed by atoms with Crippen molar-refractivity contribution in [1.29, 1.82) is 0 Å². The fourth-order valence-corrected chi connectivity index (χ4v) is 4.88. The van der Waals surface area contributed by atoms with Crippen LogP contribution in [0.25, 0.3) is 0 Å². The van der Waals surface area contributed by atoms with Crippen LogP contribution in [0.1, 0.15) is 30.8 Å². The Balaban J connectivity index is 1.51. The molecule has 2 aliphatic rings. The largest absolute Gasteiger partial charge is 0.478 e. The van der Waals surface area contributed by atoms with Crippen LogP contribution >= 0.6 is 11.5 Å². The molecule has 1 saturated heterocycles. The summed E-state index contributed by atoms with van der Waals surface area (Å²) in [6.07, 6.45) is 2.49. The number of carbonyl (C=O) groups is 3. The number of hydrogen-bond acceptors (Lipinski definition) is 15. The van der Waals surface area contributed by atoms with Gasteiger partial charge in [-0.25, -0.2) is 9.10 Å². The van der Waals surface area contributed by atoms with Crippen molar-refractivity contribution in [2.24, 2.45) is 10.9 Å². The summed E-state index contributed by atoms with van der Waals surface area (Å²) in [6.45, 7) is 1.20. The number of nitrogens with two attached hydrogens (primary N) is 2. The molecule has 2 atom stereocenters. The van der Waals surface area contributed by atoms with Gasteiger partial charge < -0.3 is 32.0 Å². The fourth-order valence-electron chi connectivity index (χ4n) is 3.57. The molecule has 4 rings (SSSR count). The average Bonchev–Trinajstić information content (AvgIpc) is 3.33. The third-order valence-corrected chi connectivity index (χ3v) is 7.27. The number of nitrogen functional groups attached to an aromatic ring is 1. The zero-order valence-corrected chi connectivity index (χ0v) is 21.8. The summed E-state index contributed by atoms with van der Waals surface area (Å²) in [4.78, 5) is 47.2. The van der Waals surface area contributed by atoms with Gasteiger partial charge in [-0.2, -0.15) is 32.8 Å². The molecule has 21 heteroatoms. The van der Waals surface area contributed by atoms with E-state index in [0.29, 0.717) is 25.3 Å². The van der Waals surface area contributed by atoms with E-state index < -0.39 is 51.5 Å². The second-order valence-electron chi connectivity index (χ2n) is 8.63. The van der Waals surface area contributed by atoms with Crippen LogP contribution in [0.3, 0.4) is 0 Å². The minimum absolute atomic E-state index is 0.0295. The molecule has 19 nitrogen and oxygen atoms in total. The molecular weight excluding hydrogens is 562 g/mol. The first-order chi connectivity index (χ1) is 18.4. The van der Waals surface area contributed by atoms with Gasteiger partial charge in [0.1, 0.15) is 12.1 Å². The Morgan fingerprint density at radius 2 is 2.10 bits per heavy atom. The maximum Gasteiger partial charge on any atom is 0.362 e. The topological polar surface area (TPSA) is 283 Å². The highest BCUT2D eigenvalue weighted by Crippen LogP contribution is 2.40. The highest BCUT2D eigenvalue weighted by Gasteiger charge is 2.56. The number of nitrogens with zero attached hydrogens (tertiary/aromatic N) is 7. The van der Waals surface area contributed by atoms with Gasteiger partial charge in [0.15, 0.2) is 5.13 Å². The number of nitrogens with one attached hydrogen (secondary N) is 2. The van der Waals surface area contributed by atoms with Crippen molar-refractivity contribution >= 4 is 50.5 Å². The van der Waals surface area contributed by atoms with Gasteiger partial charge in [-0.05, 0) is 19.5 Å². The van der Waals surface area contributed by atoms with Gasteiger partial charge in [-0.15, -0.1) is 0 Å². The summed E-state index contributed by atoms with van der Waals surface area (Å²) in [5.74, 6) is -3.80. The first-order valence-electron chi connectivity index (χ1n) is 11.5. The molecule has 39 heavy (non-hydrogen) atoms. The van der Waals surface area contributed by atoms with Crippen LogP contribution < -0.4 is 22.1 Å². The Hall–Kier alpha value is -3.79. The van der Waals surface area contributed by atoms with Crippen molar-refractivity contribution in [2.75, 3.05) is 18.8 Å². The van der Waals surface area contributed by atoms with Crippen molar-refractivity contribution in [3.63, 3.8) is 0 Å². The average molecular weight is 588 g/mol. The molecule has 1 aliphatic carbocycles. The number of oxime groups is 1. The molecule has 2 aromatic heterocycles. The van der Waals surface area contributed by atoms with Gasteiger partial charge in [-0.3, -0.25) is 14.1 Å². The van der Waals surface area contributed by atoms with E-state index in [1.807, 2.05) is 0 Å². The normalized spacial score (nSPS) is 20.4. The second kappa shape index (κ2) is 11.1. The van der Waals surface area contributed by atoms with Gasteiger partial charge in [-0.1, -0.05) is 5.16 Å². The van der Waals surface area contributed by atoms with Crippen molar-refractivity contribution in [1.82, 2.24) is 39.3 Å². The first kappa shape index (κ1) is 28.2. The number of hydrogen-bond donors (Lipinski definition) is 6. The molecular formula is C18H25N11O8S2. The minimum atomic E-state index is -4.99. The van der Waals surface area contributed by atoms with E-state index in [1.54, 1.807) is 0 Å². The minimum Gasteiger partial charge on any atom is -0.478 e. The molecule has 0 unspecified atom stereocenters. The fraction of sp³-hybridized carbons (Fsp3) is 0.556. The summed E-state index contributed by atoms with van der Waals surface area (Å²) in [5, 5.41) is 26.6. The first-order valence-corrected chi connectivity index (χ1v) is 13.6. The van der Waals surface area contributed by atoms with Crippen molar-refractivity contribution in [3.8, 4) is 0 Å². The number of anilines is 1. The van der Waals surface area contributed by atoms with E-state index in [1.165, 1.54) is 6.20 Å². The summed E-state index contributed by atoms with van der Waals surface area (Å²) < 4.78 is 37.3. The van der Waals surface area contributed by atoms with Gasteiger partial charge in [0.25, 0.3) is 11.8 Å². The van der Waals surface area contributed by atoms with E-state index in [2.05, 4.69) is 35.3 Å². The van der Waals surface area contributed by atoms with Crippen molar-refractivity contribution in [3.05, 3.63) is 17.7 Å². The Morgan fingerprint density at radius 3 is 2.69 bits per heavy atom. The summed E-state index contributed by atoms with van der Waals surface area (Å²) >= 11 is 0.726.